The lowest BCUT2D eigenvalue weighted by molar-refractivity contribution is -0.138. The molecule has 12 heteroatoms. The highest BCUT2D eigenvalue weighted by molar-refractivity contribution is 5.95. The highest BCUT2D eigenvalue weighted by Gasteiger charge is 2.29. The van der Waals surface area contributed by atoms with Crippen LogP contribution in [0.25, 0.3) is 10.9 Å². The van der Waals surface area contributed by atoms with Crippen molar-refractivity contribution in [2.24, 2.45) is 22.2 Å². The number of nitrogens with zero attached hydrogens (tertiary/aromatic N) is 3. The summed E-state index contributed by atoms with van der Waals surface area (Å²) < 4.78 is 16.8. The smallest absolute Gasteiger partial charge is 0.341 e. The zero-order chi connectivity index (χ0) is 27.3. The van der Waals surface area contributed by atoms with E-state index in [4.69, 9.17) is 22.3 Å². The summed E-state index contributed by atoms with van der Waals surface area (Å²) in [5, 5.41) is 17.9. The summed E-state index contributed by atoms with van der Waals surface area (Å²) in [5.41, 5.74) is 16.6. The third-order valence-electron chi connectivity index (χ3n) is 6.81. The lowest BCUT2D eigenvalue weighted by atomic mass is 9.93. The quantitative estimate of drug-likeness (QED) is 0.207. The second kappa shape index (κ2) is 12.0. The van der Waals surface area contributed by atoms with Gasteiger partial charge in [0.2, 0.25) is 5.43 Å². The molecule has 1 aromatic carbocycles. The highest BCUT2D eigenvalue weighted by Crippen LogP contribution is 2.38. The van der Waals surface area contributed by atoms with Crippen LogP contribution >= 0.6 is 0 Å². The number of carboxylic acids is 2. The summed E-state index contributed by atoms with van der Waals surface area (Å²) in [7, 11) is 0. The van der Waals surface area contributed by atoms with Gasteiger partial charge in [-0.2, -0.15) is 0 Å². The standard InChI is InChI=1S/C19H21FN2O3.C6H14N4O2/c1-11-5-6-12-16-13(18(23)14(19(24)25)10-22(11)16)9-15(20)17(12)21-7-3-2-4-8-21;7-4(5(11)12)2-1-3-10-6(8)9/h9-11H,2-8H2,1H3,(H,24,25);4H,1-3,7H2,(H,11,12)(H4,8,9,10)/t11-;4-/m00/s1. The number of hydrogen-bond acceptors (Lipinski definition) is 6. The van der Waals surface area contributed by atoms with Gasteiger partial charge in [-0.1, -0.05) is 0 Å². The Morgan fingerprint density at radius 1 is 1.22 bits per heavy atom. The molecule has 8 N–H and O–H groups in total. The molecule has 0 amide bonds. The third kappa shape index (κ3) is 6.37. The van der Waals surface area contributed by atoms with Gasteiger partial charge in [0.1, 0.15) is 17.4 Å². The van der Waals surface area contributed by atoms with E-state index < -0.39 is 29.2 Å². The van der Waals surface area contributed by atoms with Crippen molar-refractivity contribution in [2.45, 2.75) is 64.0 Å². The molecule has 1 fully saturated rings. The van der Waals surface area contributed by atoms with Crippen LogP contribution in [-0.4, -0.2) is 58.4 Å². The summed E-state index contributed by atoms with van der Waals surface area (Å²) in [4.78, 5) is 40.0. The van der Waals surface area contributed by atoms with Crippen molar-refractivity contribution in [3.63, 3.8) is 0 Å². The molecule has 11 nitrogen and oxygen atoms in total. The van der Waals surface area contributed by atoms with Crippen LogP contribution in [-0.2, 0) is 11.2 Å². The summed E-state index contributed by atoms with van der Waals surface area (Å²) >= 11 is 0. The predicted molar refractivity (Wildman–Crippen MR) is 140 cm³/mol. The second-order valence-electron chi connectivity index (χ2n) is 9.49. The zero-order valence-electron chi connectivity index (χ0n) is 21.0. The minimum Gasteiger partial charge on any atom is -0.480 e. The van der Waals surface area contributed by atoms with E-state index in [1.807, 2.05) is 11.5 Å². The van der Waals surface area contributed by atoms with E-state index in [0.29, 0.717) is 37.0 Å². The number of aliphatic carboxylic acids is 1. The molecule has 2 aliphatic heterocycles. The first-order valence-electron chi connectivity index (χ1n) is 12.4. The SMILES string of the molecule is C[C@H]1CCc2c(N3CCCCC3)c(F)cc3c(=O)c(C(=O)O)cn1c23.NC(N)=NCCC[C@H](N)C(=O)O. The maximum Gasteiger partial charge on any atom is 0.341 e. The monoisotopic (exact) mass is 518 g/mol. The number of anilines is 1. The Balaban J connectivity index is 0.000000270. The molecule has 37 heavy (non-hydrogen) atoms. The van der Waals surface area contributed by atoms with Crippen molar-refractivity contribution >= 4 is 34.5 Å². The van der Waals surface area contributed by atoms with E-state index in [-0.39, 0.29) is 23.0 Å². The van der Waals surface area contributed by atoms with E-state index in [9.17, 15) is 23.9 Å². The van der Waals surface area contributed by atoms with Gasteiger partial charge in [-0.05, 0) is 57.9 Å². The van der Waals surface area contributed by atoms with Gasteiger partial charge < -0.3 is 36.9 Å². The molecule has 2 aromatic rings. The average Bonchev–Trinajstić information content (AvgIpc) is 2.85. The van der Waals surface area contributed by atoms with Crippen LogP contribution in [0.2, 0.25) is 0 Å². The number of carbonyl (C=O) groups is 2. The van der Waals surface area contributed by atoms with Gasteiger partial charge in [0.25, 0.3) is 0 Å². The highest BCUT2D eigenvalue weighted by atomic mass is 19.1. The van der Waals surface area contributed by atoms with Gasteiger partial charge in [0.05, 0.1) is 11.2 Å². The van der Waals surface area contributed by atoms with Gasteiger partial charge in [-0.15, -0.1) is 0 Å². The first-order valence-corrected chi connectivity index (χ1v) is 12.4. The average molecular weight is 519 g/mol. The van der Waals surface area contributed by atoms with Crippen LogP contribution in [0.3, 0.4) is 0 Å². The Morgan fingerprint density at radius 3 is 2.49 bits per heavy atom. The number of halogens is 1. The zero-order valence-corrected chi connectivity index (χ0v) is 21.0. The molecule has 1 aromatic heterocycles. The van der Waals surface area contributed by atoms with Crippen LogP contribution in [0.5, 0.6) is 0 Å². The van der Waals surface area contributed by atoms with Crippen molar-refractivity contribution in [3.8, 4) is 0 Å². The summed E-state index contributed by atoms with van der Waals surface area (Å²) in [5.74, 6) is -2.67. The number of benzene rings is 1. The van der Waals surface area contributed by atoms with Crippen molar-refractivity contribution in [1.29, 1.82) is 0 Å². The molecule has 4 rings (SSSR count). The number of pyridine rings is 1. The second-order valence-corrected chi connectivity index (χ2v) is 9.49. The molecule has 2 atom stereocenters. The Hall–Kier alpha value is -3.67. The molecule has 0 unspecified atom stereocenters. The lowest BCUT2D eigenvalue weighted by Gasteiger charge is -2.34. The lowest BCUT2D eigenvalue weighted by Crippen LogP contribution is -2.33. The number of aromatic carboxylic acids is 1. The molecule has 2 aliphatic rings. The molecule has 3 heterocycles. The number of hydrogen-bond donors (Lipinski definition) is 5. The van der Waals surface area contributed by atoms with Gasteiger partial charge >= 0.3 is 11.9 Å². The molecule has 0 radical (unpaired) electrons. The fourth-order valence-electron chi connectivity index (χ4n) is 4.89. The third-order valence-corrected chi connectivity index (χ3v) is 6.81. The largest absolute Gasteiger partial charge is 0.480 e. The topological polar surface area (TPSA) is 190 Å². The fourth-order valence-corrected chi connectivity index (χ4v) is 4.89. The van der Waals surface area contributed by atoms with E-state index in [0.717, 1.165) is 44.3 Å². The van der Waals surface area contributed by atoms with Crippen LogP contribution in [0.15, 0.2) is 22.1 Å². The van der Waals surface area contributed by atoms with E-state index >= 15 is 0 Å². The Kier molecular flexibility index (Phi) is 9.09. The molecule has 1 saturated heterocycles. The van der Waals surface area contributed by atoms with Gasteiger partial charge in [-0.25, -0.2) is 9.18 Å². The van der Waals surface area contributed by atoms with E-state index in [2.05, 4.69) is 9.89 Å². The molecule has 0 saturated carbocycles. The normalized spacial score (nSPS) is 17.5. The maximum absolute atomic E-state index is 15.0. The number of aryl methyl sites for hydroxylation is 1. The Morgan fingerprint density at radius 2 is 1.89 bits per heavy atom. The molecule has 202 valence electrons. The van der Waals surface area contributed by atoms with Gasteiger partial charge in [-0.3, -0.25) is 14.6 Å². The summed E-state index contributed by atoms with van der Waals surface area (Å²) in [6.45, 7) is 4.07. The van der Waals surface area contributed by atoms with Gasteiger partial charge in [0, 0.05) is 42.8 Å². The maximum atomic E-state index is 15.0. The molecular weight excluding hydrogens is 483 g/mol. The predicted octanol–water partition coefficient (Wildman–Crippen LogP) is 1.79. The first-order chi connectivity index (χ1) is 17.5. The number of rotatable bonds is 7. The van der Waals surface area contributed by atoms with Crippen molar-refractivity contribution in [1.82, 2.24) is 4.57 Å². The summed E-state index contributed by atoms with van der Waals surface area (Å²) in [6.07, 6.45) is 7.12. The molecular formula is C25H35FN6O5. The number of aliphatic imine (C=N–C) groups is 1. The first kappa shape index (κ1) is 27.9. The van der Waals surface area contributed by atoms with Crippen molar-refractivity contribution in [3.05, 3.63) is 39.4 Å². The molecule has 0 aliphatic carbocycles. The number of aromatic nitrogens is 1. The molecule has 0 spiro atoms. The van der Waals surface area contributed by atoms with Crippen LogP contribution in [0.1, 0.15) is 67.4 Å². The van der Waals surface area contributed by atoms with E-state index in [1.54, 1.807) is 0 Å². The van der Waals surface area contributed by atoms with Gasteiger partial charge in [0.15, 0.2) is 5.96 Å². The van der Waals surface area contributed by atoms with Crippen LogP contribution < -0.4 is 27.5 Å². The van der Waals surface area contributed by atoms with Crippen molar-refractivity contribution in [2.75, 3.05) is 24.5 Å². The Bertz CT molecular complexity index is 1250. The minimum absolute atomic E-state index is 0.0129. The van der Waals surface area contributed by atoms with Crippen molar-refractivity contribution < 1.29 is 24.2 Å². The fraction of sp³-hybridized carbons (Fsp3) is 0.520. The van der Waals surface area contributed by atoms with E-state index in [1.165, 1.54) is 12.3 Å². The van der Waals surface area contributed by atoms with Crippen LogP contribution in [0.4, 0.5) is 10.1 Å². The molecule has 0 bridgehead atoms. The summed E-state index contributed by atoms with van der Waals surface area (Å²) in [6, 6.07) is 0.499. The van der Waals surface area contributed by atoms with Crippen LogP contribution in [0, 0.1) is 5.82 Å². The number of guanidine groups is 1. The number of piperidine rings is 1. The Labute approximate surface area is 213 Å². The minimum atomic E-state index is -1.27. The number of carboxylic acid groups (broad SMARTS) is 2. The number of nitrogens with two attached hydrogens (primary N) is 3.